The molecule has 88 valence electrons. The van der Waals surface area contributed by atoms with E-state index in [4.69, 9.17) is 5.11 Å². The van der Waals surface area contributed by atoms with Crippen LogP contribution in [0.2, 0.25) is 0 Å². The summed E-state index contributed by atoms with van der Waals surface area (Å²) in [5.41, 5.74) is 0.458. The lowest BCUT2D eigenvalue weighted by Gasteiger charge is -2.15. The molecule has 4 heteroatoms. The second kappa shape index (κ2) is 4.60. The fraction of sp³-hybridized carbons (Fsp3) is 0.417. The molecule has 1 unspecified atom stereocenters. The maximum absolute atomic E-state index is 13.3. The third kappa shape index (κ3) is 2.56. The molecule has 1 aromatic carbocycles. The summed E-state index contributed by atoms with van der Waals surface area (Å²) in [5.74, 6) is -4.48. The van der Waals surface area contributed by atoms with Gasteiger partial charge in [-0.05, 0) is 12.5 Å². The molecule has 0 radical (unpaired) electrons. The number of aliphatic carboxylic acids is 1. The second-order valence-electron chi connectivity index (χ2n) is 3.74. The zero-order chi connectivity index (χ0) is 12.3. The molecule has 16 heavy (non-hydrogen) atoms. The third-order valence-electron chi connectivity index (χ3n) is 2.65. The molecule has 0 heterocycles. The van der Waals surface area contributed by atoms with Crippen LogP contribution < -0.4 is 0 Å². The molecular weight excluding hydrogens is 214 g/mol. The topological polar surface area (TPSA) is 37.3 Å². The Bertz CT molecular complexity index is 371. The van der Waals surface area contributed by atoms with Crippen molar-refractivity contribution in [3.8, 4) is 0 Å². The fourth-order valence-corrected chi connectivity index (χ4v) is 1.36. The Hall–Kier alpha value is -1.45. The summed E-state index contributed by atoms with van der Waals surface area (Å²) in [6.45, 7) is 2.93. The van der Waals surface area contributed by atoms with E-state index in [1.165, 1.54) is 38.1 Å². The van der Waals surface area contributed by atoms with Crippen LogP contribution in [0.4, 0.5) is 8.78 Å². The normalized spacial score (nSPS) is 13.5. The number of halogens is 2. The predicted octanol–water partition coefficient (Wildman–Crippen LogP) is 3.38. The van der Waals surface area contributed by atoms with Crippen LogP contribution >= 0.6 is 0 Å². The molecule has 0 aliphatic rings. The highest BCUT2D eigenvalue weighted by molar-refractivity contribution is 5.75. The van der Waals surface area contributed by atoms with Gasteiger partial charge >= 0.3 is 5.97 Å². The molecule has 0 bridgehead atoms. The SMILES string of the molecule is CCC(F)(F)c1ccc(C(C)C(=O)O)cc1. The average molecular weight is 228 g/mol. The summed E-state index contributed by atoms with van der Waals surface area (Å²) < 4.78 is 26.5. The molecule has 0 spiro atoms. The smallest absolute Gasteiger partial charge is 0.310 e. The van der Waals surface area contributed by atoms with Crippen LogP contribution in [0.1, 0.15) is 37.3 Å². The molecular formula is C12H14F2O2. The molecule has 0 amide bonds. The van der Waals surface area contributed by atoms with Crippen molar-refractivity contribution >= 4 is 5.97 Å². The van der Waals surface area contributed by atoms with Crippen LogP contribution in [-0.4, -0.2) is 11.1 Å². The van der Waals surface area contributed by atoms with E-state index in [1.807, 2.05) is 0 Å². The number of alkyl halides is 2. The van der Waals surface area contributed by atoms with Crippen molar-refractivity contribution < 1.29 is 18.7 Å². The first-order valence-corrected chi connectivity index (χ1v) is 5.09. The minimum atomic E-state index is -2.84. The van der Waals surface area contributed by atoms with Crippen LogP contribution in [0.3, 0.4) is 0 Å². The molecule has 1 rings (SSSR count). The van der Waals surface area contributed by atoms with Gasteiger partial charge in [0.2, 0.25) is 0 Å². The molecule has 0 aromatic heterocycles. The maximum atomic E-state index is 13.3. The van der Waals surface area contributed by atoms with Gasteiger partial charge in [0.05, 0.1) is 5.92 Å². The van der Waals surface area contributed by atoms with E-state index in [-0.39, 0.29) is 12.0 Å². The Morgan fingerprint density at radius 2 is 1.88 bits per heavy atom. The highest BCUT2D eigenvalue weighted by Gasteiger charge is 2.28. The van der Waals surface area contributed by atoms with Crippen LogP contribution in [0, 0.1) is 0 Å². The number of benzene rings is 1. The zero-order valence-corrected chi connectivity index (χ0v) is 9.21. The summed E-state index contributed by atoms with van der Waals surface area (Å²) in [6, 6.07) is 5.46. The molecule has 1 N–H and O–H groups in total. The second-order valence-corrected chi connectivity index (χ2v) is 3.74. The standard InChI is InChI=1S/C12H14F2O2/c1-3-12(13,14)10-6-4-9(5-7-10)8(2)11(15)16/h4-8H,3H2,1-2H3,(H,15,16). The summed E-state index contributed by atoms with van der Waals surface area (Å²) in [6.07, 6.45) is -0.263. The van der Waals surface area contributed by atoms with Gasteiger partial charge in [0, 0.05) is 12.0 Å². The van der Waals surface area contributed by atoms with Gasteiger partial charge in [-0.2, -0.15) is 0 Å². The molecule has 0 aliphatic heterocycles. The highest BCUT2D eigenvalue weighted by Crippen LogP contribution is 2.31. The number of carbonyl (C=O) groups is 1. The van der Waals surface area contributed by atoms with Crippen molar-refractivity contribution in [2.75, 3.05) is 0 Å². The van der Waals surface area contributed by atoms with Gasteiger partial charge < -0.3 is 5.11 Å². The molecule has 0 aliphatic carbocycles. The van der Waals surface area contributed by atoms with E-state index in [2.05, 4.69) is 0 Å². The van der Waals surface area contributed by atoms with E-state index >= 15 is 0 Å². The van der Waals surface area contributed by atoms with Gasteiger partial charge in [-0.3, -0.25) is 4.79 Å². The lowest BCUT2D eigenvalue weighted by atomic mass is 9.98. The Kier molecular flexibility index (Phi) is 3.62. The lowest BCUT2D eigenvalue weighted by molar-refractivity contribution is -0.138. The van der Waals surface area contributed by atoms with Crippen LogP contribution in [0.15, 0.2) is 24.3 Å². The van der Waals surface area contributed by atoms with E-state index < -0.39 is 17.8 Å². The quantitative estimate of drug-likeness (QED) is 0.857. The average Bonchev–Trinajstić information content (AvgIpc) is 2.28. The first-order valence-electron chi connectivity index (χ1n) is 5.09. The van der Waals surface area contributed by atoms with E-state index in [9.17, 15) is 13.6 Å². The summed E-state index contributed by atoms with van der Waals surface area (Å²) >= 11 is 0. The lowest BCUT2D eigenvalue weighted by Crippen LogP contribution is -2.12. The van der Waals surface area contributed by atoms with Crippen molar-refractivity contribution in [3.05, 3.63) is 35.4 Å². The number of hydrogen-bond donors (Lipinski definition) is 1. The van der Waals surface area contributed by atoms with Crippen molar-refractivity contribution in [1.29, 1.82) is 0 Å². The van der Waals surface area contributed by atoms with Gasteiger partial charge in [0.25, 0.3) is 5.92 Å². The van der Waals surface area contributed by atoms with Crippen molar-refractivity contribution in [2.45, 2.75) is 32.1 Å². The summed E-state index contributed by atoms with van der Waals surface area (Å²) in [7, 11) is 0. The Morgan fingerprint density at radius 1 is 1.38 bits per heavy atom. The zero-order valence-electron chi connectivity index (χ0n) is 9.21. The highest BCUT2D eigenvalue weighted by atomic mass is 19.3. The van der Waals surface area contributed by atoms with Crippen LogP contribution in [-0.2, 0) is 10.7 Å². The number of carboxylic acid groups (broad SMARTS) is 1. The first kappa shape index (κ1) is 12.6. The minimum Gasteiger partial charge on any atom is -0.481 e. The van der Waals surface area contributed by atoms with E-state index in [0.29, 0.717) is 5.56 Å². The van der Waals surface area contributed by atoms with E-state index in [1.54, 1.807) is 0 Å². The molecule has 2 nitrogen and oxygen atoms in total. The molecule has 0 fully saturated rings. The Labute approximate surface area is 92.9 Å². The monoisotopic (exact) mass is 228 g/mol. The molecule has 0 saturated heterocycles. The third-order valence-corrected chi connectivity index (χ3v) is 2.65. The molecule has 1 atom stereocenters. The molecule has 1 aromatic rings. The van der Waals surface area contributed by atoms with Crippen molar-refractivity contribution in [1.82, 2.24) is 0 Å². The Morgan fingerprint density at radius 3 is 2.25 bits per heavy atom. The minimum absolute atomic E-state index is 0.0728. The number of carboxylic acids is 1. The number of rotatable bonds is 4. The Balaban J connectivity index is 2.96. The van der Waals surface area contributed by atoms with Crippen LogP contribution in [0.5, 0.6) is 0 Å². The molecule has 0 saturated carbocycles. The van der Waals surface area contributed by atoms with Crippen LogP contribution in [0.25, 0.3) is 0 Å². The van der Waals surface area contributed by atoms with Gasteiger partial charge in [-0.1, -0.05) is 31.2 Å². The van der Waals surface area contributed by atoms with Gasteiger partial charge in [0.1, 0.15) is 0 Å². The summed E-state index contributed by atoms with van der Waals surface area (Å²) in [5, 5.41) is 8.76. The van der Waals surface area contributed by atoms with E-state index in [0.717, 1.165) is 0 Å². The summed E-state index contributed by atoms with van der Waals surface area (Å²) in [4.78, 5) is 10.7. The van der Waals surface area contributed by atoms with Gasteiger partial charge in [0.15, 0.2) is 0 Å². The van der Waals surface area contributed by atoms with Crippen molar-refractivity contribution in [2.24, 2.45) is 0 Å². The van der Waals surface area contributed by atoms with Gasteiger partial charge in [-0.25, -0.2) is 8.78 Å². The van der Waals surface area contributed by atoms with Crippen molar-refractivity contribution in [3.63, 3.8) is 0 Å². The maximum Gasteiger partial charge on any atom is 0.310 e. The fourth-order valence-electron chi connectivity index (χ4n) is 1.36. The van der Waals surface area contributed by atoms with Gasteiger partial charge in [-0.15, -0.1) is 0 Å². The predicted molar refractivity (Wildman–Crippen MR) is 56.7 cm³/mol. The largest absolute Gasteiger partial charge is 0.481 e. The first-order chi connectivity index (χ1) is 7.38. The number of hydrogen-bond acceptors (Lipinski definition) is 1.